The third-order valence-corrected chi connectivity index (χ3v) is 1.30. The Balaban J connectivity index is 3.87. The van der Waals surface area contributed by atoms with Crippen molar-refractivity contribution < 1.29 is 9.00 Å². The van der Waals surface area contributed by atoms with Gasteiger partial charge in [0, 0.05) is 13.6 Å². The average molecular weight is 147 g/mol. The lowest BCUT2D eigenvalue weighted by molar-refractivity contribution is -0.122. The molecule has 4 heteroatoms. The third-order valence-electron chi connectivity index (χ3n) is 0.999. The fraction of sp³-hybridized carbons (Fsp3) is 0.600. The Bertz CT molecular complexity index is 151. The molecule has 0 aromatic rings. The summed E-state index contributed by atoms with van der Waals surface area (Å²) in [6.07, 6.45) is 0. The standard InChI is InChI=1S/C5H9NO2S/c1-3-6(2)5(7)4-9-8/h4H,3H2,1-2H3. The molecule has 0 saturated heterocycles. The topological polar surface area (TPSA) is 37.4 Å². The molecule has 0 N–H and O–H groups in total. The van der Waals surface area contributed by atoms with Crippen molar-refractivity contribution in [3.63, 3.8) is 0 Å². The highest BCUT2D eigenvalue weighted by molar-refractivity contribution is 7.66. The third kappa shape index (κ3) is 3.03. The van der Waals surface area contributed by atoms with E-state index in [9.17, 15) is 9.00 Å². The first-order valence-corrected chi connectivity index (χ1v) is 3.39. The molecule has 0 rings (SSSR count). The Kier molecular flexibility index (Phi) is 3.96. The van der Waals surface area contributed by atoms with Crippen LogP contribution in [0.1, 0.15) is 6.92 Å². The van der Waals surface area contributed by atoms with Crippen LogP contribution in [0.4, 0.5) is 0 Å². The molecule has 0 radical (unpaired) electrons. The van der Waals surface area contributed by atoms with Gasteiger partial charge in [-0.2, -0.15) is 0 Å². The minimum atomic E-state index is -0.225. The summed E-state index contributed by atoms with van der Waals surface area (Å²) in [6, 6.07) is 0. The summed E-state index contributed by atoms with van der Waals surface area (Å²) >= 11 is 0.187. The molecule has 0 aromatic carbocycles. The van der Waals surface area contributed by atoms with E-state index in [0.29, 0.717) is 6.54 Å². The van der Waals surface area contributed by atoms with Gasteiger partial charge in [-0.1, -0.05) is 0 Å². The Hall–Kier alpha value is -0.640. The van der Waals surface area contributed by atoms with Crippen LogP contribution in [0.25, 0.3) is 0 Å². The smallest absolute Gasteiger partial charge is 0.259 e. The molecular weight excluding hydrogens is 138 g/mol. The number of carbonyl (C=O) groups is 1. The van der Waals surface area contributed by atoms with Crippen LogP contribution in [0.3, 0.4) is 0 Å². The van der Waals surface area contributed by atoms with Gasteiger partial charge in [0.25, 0.3) is 5.91 Å². The maximum absolute atomic E-state index is 10.6. The monoisotopic (exact) mass is 147 g/mol. The Labute approximate surface area is 57.7 Å². The summed E-state index contributed by atoms with van der Waals surface area (Å²) in [4.78, 5) is 12.1. The summed E-state index contributed by atoms with van der Waals surface area (Å²) in [5, 5.41) is 1.05. The minimum absolute atomic E-state index is 0.187. The molecule has 1 amide bonds. The van der Waals surface area contributed by atoms with E-state index in [1.807, 2.05) is 6.92 Å². The lowest BCUT2D eigenvalue weighted by atomic mass is 10.6. The number of carbonyl (C=O) groups excluding carboxylic acids is 1. The van der Waals surface area contributed by atoms with Crippen molar-refractivity contribution >= 4 is 22.5 Å². The van der Waals surface area contributed by atoms with E-state index in [0.717, 1.165) is 5.37 Å². The van der Waals surface area contributed by atoms with Gasteiger partial charge < -0.3 is 4.90 Å². The highest BCUT2D eigenvalue weighted by atomic mass is 32.1. The van der Waals surface area contributed by atoms with Crippen LogP contribution >= 0.6 is 0 Å². The van der Waals surface area contributed by atoms with Gasteiger partial charge in [-0.25, -0.2) is 4.21 Å². The van der Waals surface area contributed by atoms with Crippen LogP contribution < -0.4 is 0 Å². The predicted molar refractivity (Wildman–Crippen MR) is 37.5 cm³/mol. The van der Waals surface area contributed by atoms with Crippen LogP contribution in [0.5, 0.6) is 0 Å². The number of rotatable bonds is 2. The van der Waals surface area contributed by atoms with Crippen molar-refractivity contribution in [1.29, 1.82) is 0 Å². The second-order valence-electron chi connectivity index (χ2n) is 1.57. The zero-order valence-electron chi connectivity index (χ0n) is 5.46. The van der Waals surface area contributed by atoms with Gasteiger partial charge in [-0.3, -0.25) is 4.79 Å². The molecule has 0 unspecified atom stereocenters. The van der Waals surface area contributed by atoms with E-state index in [1.54, 1.807) is 7.05 Å². The molecule has 3 nitrogen and oxygen atoms in total. The SMILES string of the molecule is CCN(C)C(=O)C=S=O. The average Bonchev–Trinajstić information content (AvgIpc) is 1.87. The second-order valence-corrected chi connectivity index (χ2v) is 1.99. The van der Waals surface area contributed by atoms with E-state index in [4.69, 9.17) is 0 Å². The summed E-state index contributed by atoms with van der Waals surface area (Å²) < 4.78 is 9.77. The fourth-order valence-electron chi connectivity index (χ4n) is 0.287. The van der Waals surface area contributed by atoms with Gasteiger partial charge in [0.2, 0.25) is 0 Å². The van der Waals surface area contributed by atoms with Gasteiger partial charge in [0.05, 0.1) is 16.6 Å². The van der Waals surface area contributed by atoms with Crippen molar-refractivity contribution in [2.24, 2.45) is 0 Å². The number of amides is 1. The molecule has 52 valence electrons. The number of hydrogen-bond acceptors (Lipinski definition) is 2. The van der Waals surface area contributed by atoms with E-state index < -0.39 is 0 Å². The molecule has 0 spiro atoms. The van der Waals surface area contributed by atoms with E-state index in [-0.39, 0.29) is 17.2 Å². The van der Waals surface area contributed by atoms with Crippen LogP contribution in [0.15, 0.2) is 0 Å². The summed E-state index contributed by atoms with van der Waals surface area (Å²) in [7, 11) is 1.65. The number of nitrogens with zero attached hydrogens (tertiary/aromatic N) is 1. The molecule has 0 aliphatic carbocycles. The molecule has 0 aromatic heterocycles. The van der Waals surface area contributed by atoms with Crippen molar-refractivity contribution in [2.75, 3.05) is 13.6 Å². The van der Waals surface area contributed by atoms with Gasteiger partial charge in [0.1, 0.15) is 0 Å². The lowest BCUT2D eigenvalue weighted by Gasteiger charge is -2.08. The molecular formula is C5H9NO2S. The molecule has 0 bridgehead atoms. The zero-order chi connectivity index (χ0) is 7.28. The molecule has 0 aliphatic rings. The largest absolute Gasteiger partial charge is 0.342 e. The lowest BCUT2D eigenvalue weighted by Crippen LogP contribution is -2.26. The van der Waals surface area contributed by atoms with Crippen LogP contribution in [0, 0.1) is 0 Å². The minimum Gasteiger partial charge on any atom is -0.342 e. The van der Waals surface area contributed by atoms with Crippen molar-refractivity contribution in [3.05, 3.63) is 0 Å². The van der Waals surface area contributed by atoms with Crippen LogP contribution in [0.2, 0.25) is 0 Å². The molecule has 0 atom stereocenters. The Morgan fingerprint density at radius 1 is 1.78 bits per heavy atom. The summed E-state index contributed by atoms with van der Waals surface area (Å²) in [6.45, 7) is 2.48. The Morgan fingerprint density at radius 3 is 2.67 bits per heavy atom. The molecule has 0 heterocycles. The first kappa shape index (κ1) is 8.36. The van der Waals surface area contributed by atoms with Gasteiger partial charge in [-0.05, 0) is 6.92 Å². The van der Waals surface area contributed by atoms with Crippen molar-refractivity contribution in [1.82, 2.24) is 4.90 Å². The maximum atomic E-state index is 10.6. The van der Waals surface area contributed by atoms with Gasteiger partial charge >= 0.3 is 0 Å². The summed E-state index contributed by atoms with van der Waals surface area (Å²) in [5.74, 6) is -0.225. The number of hydrogen-bond donors (Lipinski definition) is 0. The van der Waals surface area contributed by atoms with E-state index in [2.05, 4.69) is 0 Å². The first-order chi connectivity index (χ1) is 4.22. The normalized spacial score (nSPS) is 8.22. The van der Waals surface area contributed by atoms with Crippen LogP contribution in [-0.2, 0) is 16.1 Å². The molecule has 0 aliphatic heterocycles. The molecule has 9 heavy (non-hydrogen) atoms. The first-order valence-electron chi connectivity index (χ1n) is 2.59. The van der Waals surface area contributed by atoms with Crippen LogP contribution in [-0.4, -0.2) is 34.0 Å². The molecule has 0 saturated carbocycles. The highest BCUT2D eigenvalue weighted by Crippen LogP contribution is 1.77. The van der Waals surface area contributed by atoms with Crippen molar-refractivity contribution in [3.8, 4) is 0 Å². The van der Waals surface area contributed by atoms with E-state index in [1.165, 1.54) is 4.90 Å². The quantitative estimate of drug-likeness (QED) is 0.493. The zero-order valence-corrected chi connectivity index (χ0v) is 6.27. The highest BCUT2D eigenvalue weighted by Gasteiger charge is 1.99. The second kappa shape index (κ2) is 4.26. The fourth-order valence-corrected chi connectivity index (χ4v) is 0.549. The van der Waals surface area contributed by atoms with Gasteiger partial charge in [-0.15, -0.1) is 0 Å². The predicted octanol–water partition coefficient (Wildman–Crippen LogP) is -0.520. The Morgan fingerprint density at radius 2 is 2.33 bits per heavy atom. The summed E-state index contributed by atoms with van der Waals surface area (Å²) in [5.41, 5.74) is 0. The maximum Gasteiger partial charge on any atom is 0.259 e. The van der Waals surface area contributed by atoms with Gasteiger partial charge in [0.15, 0.2) is 0 Å². The molecule has 0 fully saturated rings. The van der Waals surface area contributed by atoms with Crippen molar-refractivity contribution in [2.45, 2.75) is 6.92 Å². The van der Waals surface area contributed by atoms with E-state index >= 15 is 0 Å².